The molecule has 10 rings (SSSR count). The van der Waals surface area contributed by atoms with Gasteiger partial charge in [-0.1, -0.05) is 39.5 Å². The van der Waals surface area contributed by atoms with E-state index in [4.69, 9.17) is 25.2 Å². The van der Waals surface area contributed by atoms with Gasteiger partial charge in [0.1, 0.15) is 22.9 Å². The van der Waals surface area contributed by atoms with Crippen molar-refractivity contribution in [3.8, 4) is 11.5 Å². The lowest BCUT2D eigenvalue weighted by Gasteiger charge is -2.35. The first kappa shape index (κ1) is 60.3. The van der Waals surface area contributed by atoms with Crippen molar-refractivity contribution < 1.29 is 33.8 Å². The minimum absolute atomic E-state index is 0.0713. The van der Waals surface area contributed by atoms with Gasteiger partial charge >= 0.3 is 5.97 Å². The van der Waals surface area contributed by atoms with Crippen molar-refractivity contribution in [2.75, 3.05) is 112 Å². The van der Waals surface area contributed by atoms with E-state index in [9.17, 15) is 24.3 Å². The summed E-state index contributed by atoms with van der Waals surface area (Å²) in [5.41, 5.74) is 8.00. The highest BCUT2D eigenvalue weighted by Crippen LogP contribution is 2.44. The largest absolute Gasteiger partial charge is 0.495 e. The predicted molar refractivity (Wildman–Crippen MR) is 319 cm³/mol. The summed E-state index contributed by atoms with van der Waals surface area (Å²) in [4.78, 5) is 82.6. The highest BCUT2D eigenvalue weighted by Gasteiger charge is 2.45. The fourth-order valence-electron chi connectivity index (χ4n) is 11.9. The van der Waals surface area contributed by atoms with Gasteiger partial charge in [-0.25, -0.2) is 14.8 Å². The molecular formula is C60H88N14O7. The number of hydrogen-bond donors (Lipinski definition) is 5. The molecule has 2 aliphatic carbocycles. The Hall–Kier alpha value is -6.84. The number of carboxylic acid groups (broad SMARTS) is 1. The van der Waals surface area contributed by atoms with Crippen LogP contribution in [0.3, 0.4) is 0 Å². The molecule has 3 amide bonds. The summed E-state index contributed by atoms with van der Waals surface area (Å²) < 4.78 is 11.0. The van der Waals surface area contributed by atoms with Crippen LogP contribution in [0.25, 0.3) is 0 Å². The fourth-order valence-corrected chi connectivity index (χ4v) is 11.9. The van der Waals surface area contributed by atoms with Gasteiger partial charge in [-0.3, -0.25) is 14.4 Å². The number of ether oxygens (including phenoxy) is 2. The lowest BCUT2D eigenvalue weighted by molar-refractivity contribution is -0.127. The van der Waals surface area contributed by atoms with Crippen LogP contribution in [0.1, 0.15) is 138 Å². The SMILES string of the molecule is CCC1(C)CN(C2CCCC2)c2nc(Nc3ccc(C(=O)NC4CCN(C)CC4)cc3OC)ncc2N(C)C1=O.CCC1(C)CN(C2CCCC2)c2nc(Nc3ccc(C(=O)O)cc3OC)ncc2N(C)C1=O.CN1CCC(N)CC1. The van der Waals surface area contributed by atoms with Crippen LogP contribution in [0.5, 0.6) is 11.5 Å². The van der Waals surface area contributed by atoms with Crippen LogP contribution in [-0.4, -0.2) is 164 Å². The lowest BCUT2D eigenvalue weighted by atomic mass is 9.85. The van der Waals surface area contributed by atoms with E-state index in [1.165, 1.54) is 70.9 Å². The number of methoxy groups -OCH3 is 2. The van der Waals surface area contributed by atoms with E-state index in [0.717, 1.165) is 81.8 Å². The van der Waals surface area contributed by atoms with Crippen molar-refractivity contribution in [1.29, 1.82) is 0 Å². The number of carboxylic acids is 1. The molecule has 4 aromatic rings. The third-order valence-corrected chi connectivity index (χ3v) is 17.8. The molecule has 2 aromatic heterocycles. The number of amides is 3. The van der Waals surface area contributed by atoms with Crippen molar-refractivity contribution in [3.05, 3.63) is 59.9 Å². The summed E-state index contributed by atoms with van der Waals surface area (Å²) in [7, 11) is 10.9. The zero-order chi connectivity index (χ0) is 58.2. The molecule has 0 spiro atoms. The van der Waals surface area contributed by atoms with Gasteiger partial charge in [-0.2, -0.15) is 9.97 Å². The van der Waals surface area contributed by atoms with Crippen LogP contribution < -0.4 is 50.8 Å². The van der Waals surface area contributed by atoms with E-state index in [1.54, 1.807) is 54.6 Å². The third kappa shape index (κ3) is 13.9. The first-order valence-corrected chi connectivity index (χ1v) is 29.2. The average molecular weight is 1120 g/mol. The van der Waals surface area contributed by atoms with Crippen LogP contribution in [0.15, 0.2) is 48.8 Å². The van der Waals surface area contributed by atoms with Gasteiger partial charge in [0.25, 0.3) is 5.91 Å². The van der Waals surface area contributed by atoms with E-state index in [2.05, 4.69) is 80.4 Å². The van der Waals surface area contributed by atoms with Crippen molar-refractivity contribution in [3.63, 3.8) is 0 Å². The highest BCUT2D eigenvalue weighted by atomic mass is 16.5. The Labute approximate surface area is 478 Å². The molecular weight excluding hydrogens is 1030 g/mol. The zero-order valence-electron chi connectivity index (χ0n) is 49.5. The van der Waals surface area contributed by atoms with Crippen LogP contribution in [0.2, 0.25) is 0 Å². The lowest BCUT2D eigenvalue weighted by Crippen LogP contribution is -2.46. The zero-order valence-corrected chi connectivity index (χ0v) is 49.5. The minimum atomic E-state index is -1.03. The van der Waals surface area contributed by atoms with Gasteiger partial charge in [0.15, 0.2) is 11.6 Å². The molecule has 2 aromatic carbocycles. The Kier molecular flexibility index (Phi) is 19.6. The van der Waals surface area contributed by atoms with Crippen LogP contribution >= 0.6 is 0 Å². The number of nitrogens with two attached hydrogens (primary N) is 1. The first-order chi connectivity index (χ1) is 38.8. The van der Waals surface area contributed by atoms with Crippen LogP contribution in [0, 0.1) is 10.8 Å². The number of carbonyl (C=O) groups is 4. The van der Waals surface area contributed by atoms with Gasteiger partial charge in [0.2, 0.25) is 23.7 Å². The molecule has 440 valence electrons. The number of carbonyl (C=O) groups excluding carboxylic acids is 3. The average Bonchev–Trinajstić information content (AvgIpc) is 4.43. The second-order valence-electron chi connectivity index (χ2n) is 23.6. The molecule has 4 aliphatic heterocycles. The maximum atomic E-state index is 13.5. The van der Waals surface area contributed by atoms with Gasteiger partial charge in [-0.15, -0.1) is 0 Å². The van der Waals surface area contributed by atoms with Gasteiger partial charge in [-0.05, 0) is 155 Å². The molecule has 81 heavy (non-hydrogen) atoms. The molecule has 21 nitrogen and oxygen atoms in total. The summed E-state index contributed by atoms with van der Waals surface area (Å²) in [5, 5.41) is 18.9. The van der Waals surface area contributed by atoms with Gasteiger partial charge < -0.3 is 65.7 Å². The molecule has 6 N–H and O–H groups in total. The van der Waals surface area contributed by atoms with Crippen molar-refractivity contribution in [1.82, 2.24) is 35.1 Å². The molecule has 0 radical (unpaired) electrons. The van der Waals surface area contributed by atoms with Gasteiger partial charge in [0.05, 0.1) is 54.4 Å². The topological polar surface area (TPSA) is 240 Å². The molecule has 6 heterocycles. The van der Waals surface area contributed by atoms with E-state index in [0.29, 0.717) is 77.2 Å². The number of benzene rings is 2. The van der Waals surface area contributed by atoms with Crippen LogP contribution in [0.4, 0.5) is 46.3 Å². The van der Waals surface area contributed by atoms with E-state index in [1.807, 2.05) is 20.0 Å². The highest BCUT2D eigenvalue weighted by molar-refractivity contribution is 6.02. The van der Waals surface area contributed by atoms with Gasteiger partial charge in [0, 0.05) is 56.9 Å². The standard InChI is InChI=1S/C30H43N7O3.C24H31N5O4.C6H14N2/c1-6-30(2)19-37(22-9-7-8-10-22)26-24(36(4)28(30)39)18-31-29(34-26)33-23-12-11-20(17-25(23)40-5)27(38)32-21-13-15-35(3)16-14-21;1-5-24(2)14-29(16-8-6-7-9-16)20-18(28(3)22(24)32)13-25-23(27-20)26-17-11-10-15(21(30)31)12-19(17)33-4;1-8-4-2-6(7)3-5-8/h11-12,17-18,21-22H,6-10,13-16,19H2,1-5H3,(H,32,38)(H,31,33,34);10-13,16H,5-9,14H2,1-4H3,(H,30,31)(H,25,26,27);6H,2-5,7H2,1H3. The first-order valence-electron chi connectivity index (χ1n) is 29.2. The quantitative estimate of drug-likeness (QED) is 0.0846. The second-order valence-corrected chi connectivity index (χ2v) is 23.6. The number of aromatic nitrogens is 4. The Morgan fingerprint density at radius 3 is 1.44 bits per heavy atom. The Morgan fingerprint density at radius 2 is 1.05 bits per heavy atom. The molecule has 2 saturated carbocycles. The van der Waals surface area contributed by atoms with Crippen molar-refractivity contribution in [2.45, 2.75) is 142 Å². The fraction of sp³-hybridized carbons (Fsp3) is 0.600. The number of nitrogens with one attached hydrogen (secondary N) is 3. The van der Waals surface area contributed by atoms with E-state index >= 15 is 0 Å². The molecule has 21 heteroatoms. The number of likely N-dealkylation sites (tertiary alicyclic amines) is 2. The number of aromatic carboxylic acids is 1. The Bertz CT molecular complexity index is 2840. The number of anilines is 8. The van der Waals surface area contributed by atoms with Crippen LogP contribution in [-0.2, 0) is 9.59 Å². The Balaban J connectivity index is 0.000000189. The van der Waals surface area contributed by atoms with Crippen molar-refractivity contribution in [2.24, 2.45) is 16.6 Å². The summed E-state index contributed by atoms with van der Waals surface area (Å²) >= 11 is 0. The summed E-state index contributed by atoms with van der Waals surface area (Å²) in [6.07, 6.45) is 18.2. The molecule has 4 fully saturated rings. The number of nitrogens with zero attached hydrogens (tertiary/aromatic N) is 10. The molecule has 6 aliphatic rings. The maximum absolute atomic E-state index is 13.5. The normalized spacial score (nSPS) is 22.4. The number of hydrogen-bond acceptors (Lipinski definition) is 17. The molecule has 2 unspecified atom stereocenters. The minimum Gasteiger partial charge on any atom is -0.495 e. The number of fused-ring (bicyclic) bond motifs is 2. The summed E-state index contributed by atoms with van der Waals surface area (Å²) in [6, 6.07) is 11.3. The van der Waals surface area contributed by atoms with E-state index < -0.39 is 16.8 Å². The van der Waals surface area contributed by atoms with Crippen molar-refractivity contribution >= 4 is 70.0 Å². The summed E-state index contributed by atoms with van der Waals surface area (Å²) in [6.45, 7) is 13.8. The maximum Gasteiger partial charge on any atom is 0.335 e. The molecule has 0 bridgehead atoms. The predicted octanol–water partition coefficient (Wildman–Crippen LogP) is 8.30. The Morgan fingerprint density at radius 1 is 0.642 bits per heavy atom. The smallest absolute Gasteiger partial charge is 0.335 e. The van der Waals surface area contributed by atoms with E-state index in [-0.39, 0.29) is 29.3 Å². The monoisotopic (exact) mass is 1120 g/mol. The summed E-state index contributed by atoms with van der Waals surface area (Å²) in [5.74, 6) is 2.26. The molecule has 2 atom stereocenters. The second kappa shape index (κ2) is 26.4. The number of piperidine rings is 2. The number of rotatable bonds is 13. The third-order valence-electron chi connectivity index (χ3n) is 17.8. The molecule has 2 saturated heterocycles.